The summed E-state index contributed by atoms with van der Waals surface area (Å²) in [5, 5.41) is 12.3. The first-order chi connectivity index (χ1) is 11.1. The first kappa shape index (κ1) is 15.5. The van der Waals surface area contributed by atoms with Crippen LogP contribution in [0.25, 0.3) is 10.9 Å². The van der Waals surface area contributed by atoms with Crippen LogP contribution >= 0.6 is 0 Å². The van der Waals surface area contributed by atoms with Crippen molar-refractivity contribution in [1.29, 1.82) is 0 Å². The fourth-order valence-electron chi connectivity index (χ4n) is 2.72. The van der Waals surface area contributed by atoms with Crippen LogP contribution in [-0.4, -0.2) is 48.4 Å². The van der Waals surface area contributed by atoms with Crippen LogP contribution in [0.2, 0.25) is 0 Å². The third kappa shape index (κ3) is 3.19. The number of rotatable bonds is 4. The Morgan fingerprint density at radius 3 is 2.70 bits per heavy atom. The summed E-state index contributed by atoms with van der Waals surface area (Å²) in [6.45, 7) is 7.16. The van der Waals surface area contributed by atoms with Crippen LogP contribution in [0.4, 0.5) is 11.4 Å². The van der Waals surface area contributed by atoms with Crippen molar-refractivity contribution in [2.24, 2.45) is 5.73 Å². The number of amides is 1. The van der Waals surface area contributed by atoms with Gasteiger partial charge in [-0.2, -0.15) is 0 Å². The van der Waals surface area contributed by atoms with Crippen molar-refractivity contribution in [2.45, 2.75) is 19.9 Å². The van der Waals surface area contributed by atoms with Crippen LogP contribution in [-0.2, 0) is 4.74 Å². The SMILES string of the molecule is CC(C)Nc1c(C(N)=O)nnc2cc(N3CCOCC3)ccc12. The lowest BCUT2D eigenvalue weighted by atomic mass is 10.1. The summed E-state index contributed by atoms with van der Waals surface area (Å²) in [4.78, 5) is 13.9. The molecule has 1 aromatic heterocycles. The van der Waals surface area contributed by atoms with Crippen LogP contribution in [0, 0.1) is 0 Å². The number of morpholine rings is 1. The molecule has 2 aromatic rings. The van der Waals surface area contributed by atoms with E-state index in [-0.39, 0.29) is 11.7 Å². The number of carbonyl (C=O) groups excluding carboxylic acids is 1. The average Bonchev–Trinajstić information content (AvgIpc) is 2.54. The summed E-state index contributed by atoms with van der Waals surface area (Å²) in [5.74, 6) is -0.584. The van der Waals surface area contributed by atoms with Crippen molar-refractivity contribution in [1.82, 2.24) is 10.2 Å². The molecule has 0 radical (unpaired) electrons. The number of carbonyl (C=O) groups is 1. The van der Waals surface area contributed by atoms with E-state index in [2.05, 4.69) is 20.4 Å². The standard InChI is InChI=1S/C16H21N5O2/c1-10(2)18-14-12-4-3-11(21-5-7-23-8-6-21)9-13(12)19-20-15(14)16(17)22/h3-4,9-10H,5-8H2,1-2H3,(H2,17,22)(H,18,19). The minimum atomic E-state index is -0.584. The molecule has 1 aliphatic rings. The number of nitrogens with two attached hydrogens (primary N) is 1. The van der Waals surface area contributed by atoms with Gasteiger partial charge < -0.3 is 20.7 Å². The Balaban J connectivity index is 2.06. The minimum Gasteiger partial charge on any atom is -0.380 e. The van der Waals surface area contributed by atoms with Gasteiger partial charge in [0.1, 0.15) is 0 Å². The van der Waals surface area contributed by atoms with Crippen molar-refractivity contribution in [3.05, 3.63) is 23.9 Å². The van der Waals surface area contributed by atoms with Gasteiger partial charge in [0.25, 0.3) is 5.91 Å². The Labute approximate surface area is 134 Å². The second-order valence-corrected chi connectivity index (χ2v) is 5.89. The first-order valence-electron chi connectivity index (χ1n) is 7.75. The fourth-order valence-corrected chi connectivity index (χ4v) is 2.72. The van der Waals surface area contributed by atoms with Crippen molar-refractivity contribution in [3.63, 3.8) is 0 Å². The van der Waals surface area contributed by atoms with E-state index >= 15 is 0 Å². The van der Waals surface area contributed by atoms with E-state index < -0.39 is 5.91 Å². The van der Waals surface area contributed by atoms with E-state index in [1.807, 2.05) is 32.0 Å². The Morgan fingerprint density at radius 2 is 2.04 bits per heavy atom. The normalized spacial score (nSPS) is 15.2. The molecule has 0 spiro atoms. The van der Waals surface area contributed by atoms with E-state index in [1.165, 1.54) is 0 Å². The van der Waals surface area contributed by atoms with E-state index in [9.17, 15) is 4.79 Å². The van der Waals surface area contributed by atoms with Crippen molar-refractivity contribution < 1.29 is 9.53 Å². The van der Waals surface area contributed by atoms with Gasteiger partial charge in [-0.1, -0.05) is 0 Å². The van der Waals surface area contributed by atoms with Gasteiger partial charge >= 0.3 is 0 Å². The second-order valence-electron chi connectivity index (χ2n) is 5.89. The van der Waals surface area contributed by atoms with Crippen LogP contribution in [0.3, 0.4) is 0 Å². The topological polar surface area (TPSA) is 93.4 Å². The minimum absolute atomic E-state index is 0.152. The molecule has 0 atom stereocenters. The molecule has 1 saturated heterocycles. The molecule has 0 saturated carbocycles. The number of fused-ring (bicyclic) bond motifs is 1. The Hall–Kier alpha value is -2.41. The lowest BCUT2D eigenvalue weighted by Gasteiger charge is -2.29. The highest BCUT2D eigenvalue weighted by Gasteiger charge is 2.18. The zero-order valence-corrected chi connectivity index (χ0v) is 13.4. The third-order valence-corrected chi connectivity index (χ3v) is 3.79. The van der Waals surface area contributed by atoms with Crippen molar-refractivity contribution in [2.75, 3.05) is 36.5 Å². The highest BCUT2D eigenvalue weighted by atomic mass is 16.5. The number of hydrogen-bond acceptors (Lipinski definition) is 6. The average molecular weight is 315 g/mol. The summed E-state index contributed by atoms with van der Waals surface area (Å²) < 4.78 is 5.38. The molecule has 1 amide bonds. The molecule has 1 aromatic carbocycles. The van der Waals surface area contributed by atoms with E-state index in [0.29, 0.717) is 5.69 Å². The smallest absolute Gasteiger partial charge is 0.271 e. The predicted octanol–water partition coefficient (Wildman–Crippen LogP) is 1.39. The highest BCUT2D eigenvalue weighted by Crippen LogP contribution is 2.28. The lowest BCUT2D eigenvalue weighted by molar-refractivity contribution is 0.0995. The number of ether oxygens (including phenoxy) is 1. The van der Waals surface area contributed by atoms with Crippen LogP contribution < -0.4 is 16.0 Å². The number of benzene rings is 1. The molecule has 0 bridgehead atoms. The largest absolute Gasteiger partial charge is 0.380 e. The third-order valence-electron chi connectivity index (χ3n) is 3.79. The summed E-state index contributed by atoms with van der Waals surface area (Å²) in [6.07, 6.45) is 0. The van der Waals surface area contributed by atoms with Gasteiger partial charge in [-0.05, 0) is 32.0 Å². The zero-order chi connectivity index (χ0) is 16.4. The van der Waals surface area contributed by atoms with Gasteiger partial charge in [0.2, 0.25) is 0 Å². The fraction of sp³-hybridized carbons (Fsp3) is 0.438. The molecule has 1 fully saturated rings. The first-order valence-corrected chi connectivity index (χ1v) is 7.75. The van der Waals surface area contributed by atoms with Crippen molar-refractivity contribution >= 4 is 28.2 Å². The maximum absolute atomic E-state index is 11.6. The Morgan fingerprint density at radius 1 is 1.30 bits per heavy atom. The molecule has 0 aliphatic carbocycles. The zero-order valence-electron chi connectivity index (χ0n) is 13.4. The maximum atomic E-state index is 11.6. The molecule has 1 aliphatic heterocycles. The molecule has 2 heterocycles. The van der Waals surface area contributed by atoms with Gasteiger partial charge in [0, 0.05) is 30.2 Å². The maximum Gasteiger partial charge on any atom is 0.271 e. The molecule has 7 nitrogen and oxygen atoms in total. The van der Waals surface area contributed by atoms with E-state index in [4.69, 9.17) is 10.5 Å². The summed E-state index contributed by atoms with van der Waals surface area (Å²) in [7, 11) is 0. The number of anilines is 2. The van der Waals surface area contributed by atoms with Gasteiger partial charge in [-0.15, -0.1) is 10.2 Å². The second kappa shape index (κ2) is 6.37. The Bertz CT molecular complexity index is 726. The van der Waals surface area contributed by atoms with E-state index in [0.717, 1.165) is 42.9 Å². The van der Waals surface area contributed by atoms with Crippen LogP contribution in [0.1, 0.15) is 24.3 Å². The van der Waals surface area contributed by atoms with Gasteiger partial charge in [0.05, 0.1) is 24.4 Å². The monoisotopic (exact) mass is 315 g/mol. The number of primary amides is 1. The molecule has 122 valence electrons. The number of nitrogens with one attached hydrogen (secondary N) is 1. The Kier molecular flexibility index (Phi) is 4.29. The number of hydrogen-bond donors (Lipinski definition) is 2. The van der Waals surface area contributed by atoms with Crippen molar-refractivity contribution in [3.8, 4) is 0 Å². The summed E-state index contributed by atoms with van der Waals surface area (Å²) in [6, 6.07) is 6.14. The molecule has 3 rings (SSSR count). The highest BCUT2D eigenvalue weighted by molar-refractivity contribution is 6.05. The van der Waals surface area contributed by atoms with Gasteiger partial charge in [-0.3, -0.25) is 4.79 Å². The molecule has 3 N–H and O–H groups in total. The van der Waals surface area contributed by atoms with Gasteiger partial charge in [0.15, 0.2) is 5.69 Å². The molecule has 7 heteroatoms. The van der Waals surface area contributed by atoms with E-state index in [1.54, 1.807) is 0 Å². The molecule has 0 unspecified atom stereocenters. The molecular weight excluding hydrogens is 294 g/mol. The molecule has 23 heavy (non-hydrogen) atoms. The van der Waals surface area contributed by atoms with Crippen LogP contribution in [0.15, 0.2) is 18.2 Å². The number of aromatic nitrogens is 2. The molecular formula is C16H21N5O2. The lowest BCUT2D eigenvalue weighted by Crippen LogP contribution is -2.36. The van der Waals surface area contributed by atoms with Gasteiger partial charge in [-0.25, -0.2) is 0 Å². The summed E-state index contributed by atoms with van der Waals surface area (Å²) >= 11 is 0. The number of nitrogens with zero attached hydrogens (tertiary/aromatic N) is 3. The predicted molar refractivity (Wildman–Crippen MR) is 89.8 cm³/mol. The summed E-state index contributed by atoms with van der Waals surface area (Å²) in [5.41, 5.74) is 8.06. The van der Waals surface area contributed by atoms with Crippen LogP contribution in [0.5, 0.6) is 0 Å². The quantitative estimate of drug-likeness (QED) is 0.885.